The molecule has 17 heavy (non-hydrogen) atoms. The van der Waals surface area contributed by atoms with Crippen molar-refractivity contribution < 1.29 is 4.74 Å². The summed E-state index contributed by atoms with van der Waals surface area (Å²) in [5, 5.41) is 1.10. The normalized spacial score (nSPS) is 28.4. The molecular formula is C14H18Cl2O. The van der Waals surface area contributed by atoms with Crippen molar-refractivity contribution in [1.29, 1.82) is 0 Å². The molecule has 1 aliphatic rings. The van der Waals surface area contributed by atoms with E-state index in [-0.39, 0.29) is 0 Å². The molecule has 1 aromatic rings. The van der Waals surface area contributed by atoms with Crippen molar-refractivity contribution in [2.45, 2.75) is 31.6 Å². The minimum Gasteiger partial charge on any atom is -0.496 e. The molecule has 0 amide bonds. The third-order valence-corrected chi connectivity index (χ3v) is 4.70. The highest BCUT2D eigenvalue weighted by Crippen LogP contribution is 2.39. The molecule has 0 aliphatic heterocycles. The van der Waals surface area contributed by atoms with Crippen LogP contribution in [0.5, 0.6) is 5.75 Å². The summed E-state index contributed by atoms with van der Waals surface area (Å²) in [5.41, 5.74) is 1.20. The minimum atomic E-state index is 0.324. The Morgan fingerprint density at radius 2 is 2.12 bits per heavy atom. The van der Waals surface area contributed by atoms with Gasteiger partial charge < -0.3 is 4.74 Å². The fraction of sp³-hybridized carbons (Fsp3) is 0.571. The molecule has 0 spiro atoms. The molecule has 0 bridgehead atoms. The van der Waals surface area contributed by atoms with E-state index in [0.29, 0.717) is 17.2 Å². The van der Waals surface area contributed by atoms with Crippen molar-refractivity contribution in [2.24, 2.45) is 11.8 Å². The Hall–Kier alpha value is -0.400. The first-order chi connectivity index (χ1) is 8.11. The molecule has 0 saturated heterocycles. The van der Waals surface area contributed by atoms with E-state index in [1.807, 2.05) is 18.2 Å². The summed E-state index contributed by atoms with van der Waals surface area (Å²) in [6.45, 7) is 2.24. The topological polar surface area (TPSA) is 9.23 Å². The Bertz CT molecular complexity index is 392. The van der Waals surface area contributed by atoms with E-state index in [1.54, 1.807) is 7.11 Å². The van der Waals surface area contributed by atoms with Gasteiger partial charge in [-0.2, -0.15) is 0 Å². The Kier molecular flexibility index (Phi) is 4.22. The van der Waals surface area contributed by atoms with Crippen molar-refractivity contribution in [3.8, 4) is 5.75 Å². The van der Waals surface area contributed by atoms with Gasteiger partial charge in [0, 0.05) is 10.4 Å². The molecule has 1 fully saturated rings. The van der Waals surface area contributed by atoms with Gasteiger partial charge in [0.15, 0.2) is 0 Å². The second kappa shape index (κ2) is 5.49. The first kappa shape index (κ1) is 13.0. The third kappa shape index (κ3) is 2.89. The van der Waals surface area contributed by atoms with Crippen LogP contribution in [0.3, 0.4) is 0 Å². The van der Waals surface area contributed by atoms with Gasteiger partial charge in [0.2, 0.25) is 0 Å². The molecule has 3 atom stereocenters. The predicted molar refractivity (Wildman–Crippen MR) is 73.2 cm³/mol. The first-order valence-electron chi connectivity index (χ1n) is 6.08. The van der Waals surface area contributed by atoms with Crippen molar-refractivity contribution in [1.82, 2.24) is 0 Å². The van der Waals surface area contributed by atoms with Crippen LogP contribution in [0.4, 0.5) is 0 Å². The summed E-state index contributed by atoms with van der Waals surface area (Å²) in [4.78, 5) is 0. The van der Waals surface area contributed by atoms with Crippen LogP contribution < -0.4 is 4.74 Å². The van der Waals surface area contributed by atoms with Crippen molar-refractivity contribution in [2.75, 3.05) is 7.11 Å². The number of alkyl halides is 1. The van der Waals surface area contributed by atoms with Gasteiger partial charge in [0.25, 0.3) is 0 Å². The molecule has 3 unspecified atom stereocenters. The zero-order chi connectivity index (χ0) is 12.4. The van der Waals surface area contributed by atoms with E-state index in [1.165, 1.54) is 12.0 Å². The van der Waals surface area contributed by atoms with E-state index in [0.717, 1.165) is 23.6 Å². The Morgan fingerprint density at radius 1 is 1.35 bits per heavy atom. The van der Waals surface area contributed by atoms with Crippen LogP contribution in [0.15, 0.2) is 18.2 Å². The van der Waals surface area contributed by atoms with E-state index >= 15 is 0 Å². The monoisotopic (exact) mass is 272 g/mol. The van der Waals surface area contributed by atoms with Crippen molar-refractivity contribution in [3.63, 3.8) is 0 Å². The van der Waals surface area contributed by atoms with Gasteiger partial charge in [0.1, 0.15) is 5.75 Å². The molecule has 2 rings (SSSR count). The standard InChI is InChI=1S/C14H18Cl2O/c1-9-10(3-5-13(9)16)7-11-8-12(15)4-6-14(11)17-2/h4,6,8-10,13H,3,5,7H2,1-2H3. The number of halogens is 2. The second-order valence-electron chi connectivity index (χ2n) is 4.87. The smallest absolute Gasteiger partial charge is 0.122 e. The summed E-state index contributed by atoms with van der Waals surface area (Å²) in [6, 6.07) is 5.82. The lowest BCUT2D eigenvalue weighted by Gasteiger charge is -2.18. The Balaban J connectivity index is 2.15. The number of hydrogen-bond acceptors (Lipinski definition) is 1. The zero-order valence-electron chi connectivity index (χ0n) is 10.2. The van der Waals surface area contributed by atoms with Gasteiger partial charge >= 0.3 is 0 Å². The van der Waals surface area contributed by atoms with Gasteiger partial charge in [-0.3, -0.25) is 0 Å². The highest BCUT2D eigenvalue weighted by Gasteiger charge is 2.31. The molecule has 1 saturated carbocycles. The summed E-state index contributed by atoms with van der Waals surface area (Å²) >= 11 is 12.3. The minimum absolute atomic E-state index is 0.324. The first-order valence-corrected chi connectivity index (χ1v) is 6.89. The average Bonchev–Trinajstić information content (AvgIpc) is 2.61. The molecule has 94 valence electrons. The fourth-order valence-electron chi connectivity index (χ4n) is 2.67. The van der Waals surface area contributed by atoms with Gasteiger partial charge in [-0.1, -0.05) is 18.5 Å². The highest BCUT2D eigenvalue weighted by atomic mass is 35.5. The van der Waals surface area contributed by atoms with Crippen LogP contribution >= 0.6 is 23.2 Å². The van der Waals surface area contributed by atoms with Crippen LogP contribution in [0.1, 0.15) is 25.3 Å². The maximum atomic E-state index is 6.27. The molecule has 0 radical (unpaired) electrons. The SMILES string of the molecule is COc1ccc(Cl)cc1CC1CCC(Cl)C1C. The fourth-order valence-corrected chi connectivity index (χ4v) is 3.20. The van der Waals surface area contributed by atoms with Crippen LogP contribution in [0.25, 0.3) is 0 Å². The lowest BCUT2D eigenvalue weighted by molar-refractivity contribution is 0.387. The van der Waals surface area contributed by atoms with Gasteiger partial charge in [-0.05, 0) is 54.9 Å². The van der Waals surface area contributed by atoms with E-state index < -0.39 is 0 Å². The maximum Gasteiger partial charge on any atom is 0.122 e. The Morgan fingerprint density at radius 3 is 2.71 bits per heavy atom. The highest BCUT2D eigenvalue weighted by molar-refractivity contribution is 6.30. The molecule has 1 aromatic carbocycles. The summed E-state index contributed by atoms with van der Waals surface area (Å²) < 4.78 is 5.38. The van der Waals surface area contributed by atoms with Crippen LogP contribution in [0, 0.1) is 11.8 Å². The summed E-state index contributed by atoms with van der Waals surface area (Å²) in [7, 11) is 1.70. The maximum absolute atomic E-state index is 6.27. The van der Waals surface area contributed by atoms with E-state index in [2.05, 4.69) is 6.92 Å². The van der Waals surface area contributed by atoms with Gasteiger partial charge in [0.05, 0.1) is 7.11 Å². The molecule has 0 N–H and O–H groups in total. The second-order valence-corrected chi connectivity index (χ2v) is 5.87. The molecule has 0 heterocycles. The third-order valence-electron chi connectivity index (χ3n) is 3.85. The van der Waals surface area contributed by atoms with Crippen molar-refractivity contribution in [3.05, 3.63) is 28.8 Å². The largest absolute Gasteiger partial charge is 0.496 e. The summed E-state index contributed by atoms with van der Waals surface area (Å²) in [5.74, 6) is 2.14. The van der Waals surface area contributed by atoms with Crippen LogP contribution in [0.2, 0.25) is 5.02 Å². The predicted octanol–water partition coefficient (Wildman–Crippen LogP) is 4.54. The number of rotatable bonds is 3. The van der Waals surface area contributed by atoms with Gasteiger partial charge in [-0.25, -0.2) is 0 Å². The quantitative estimate of drug-likeness (QED) is 0.734. The molecule has 1 aliphatic carbocycles. The number of ether oxygens (including phenoxy) is 1. The molecule has 0 aromatic heterocycles. The van der Waals surface area contributed by atoms with Crippen molar-refractivity contribution >= 4 is 23.2 Å². The van der Waals surface area contributed by atoms with E-state index in [4.69, 9.17) is 27.9 Å². The zero-order valence-corrected chi connectivity index (χ0v) is 11.8. The van der Waals surface area contributed by atoms with Crippen LogP contribution in [-0.4, -0.2) is 12.5 Å². The average molecular weight is 273 g/mol. The number of hydrogen-bond donors (Lipinski definition) is 0. The Labute approximate surface area is 113 Å². The molecule has 3 heteroatoms. The molecule has 1 nitrogen and oxygen atoms in total. The van der Waals surface area contributed by atoms with E-state index in [9.17, 15) is 0 Å². The molecular weight excluding hydrogens is 255 g/mol. The lowest BCUT2D eigenvalue weighted by atomic mass is 9.90. The number of benzene rings is 1. The van der Waals surface area contributed by atoms with Gasteiger partial charge in [-0.15, -0.1) is 11.6 Å². The number of methoxy groups -OCH3 is 1. The van der Waals surface area contributed by atoms with Crippen LogP contribution in [-0.2, 0) is 6.42 Å². The summed E-state index contributed by atoms with van der Waals surface area (Å²) in [6.07, 6.45) is 3.33. The lowest BCUT2D eigenvalue weighted by Crippen LogP contribution is -2.13.